The molecular weight excluding hydrogens is 242 g/mol. The molecular formula is C12H18ClNO3. The first-order valence-corrected chi connectivity index (χ1v) is 5.87. The summed E-state index contributed by atoms with van der Waals surface area (Å²) in [6.45, 7) is 2.40. The van der Waals surface area contributed by atoms with Gasteiger partial charge in [-0.2, -0.15) is 0 Å². The Balaban J connectivity index is 2.94. The molecule has 0 amide bonds. The molecule has 1 rings (SSSR count). The largest absolute Gasteiger partial charge is 0.493 e. The average molecular weight is 260 g/mol. The van der Waals surface area contributed by atoms with Gasteiger partial charge in [0.25, 0.3) is 0 Å². The molecule has 0 fully saturated rings. The lowest BCUT2D eigenvalue weighted by atomic mass is 10.2. The van der Waals surface area contributed by atoms with Crippen molar-refractivity contribution in [3.63, 3.8) is 0 Å². The van der Waals surface area contributed by atoms with Gasteiger partial charge >= 0.3 is 0 Å². The first kappa shape index (κ1) is 14.1. The molecule has 0 saturated heterocycles. The molecule has 0 heterocycles. The molecule has 0 aliphatic carbocycles. The van der Waals surface area contributed by atoms with Crippen molar-refractivity contribution < 1.29 is 14.6 Å². The monoisotopic (exact) mass is 259 g/mol. The summed E-state index contributed by atoms with van der Waals surface area (Å²) in [5, 5.41) is 10.0. The number of benzene rings is 1. The molecule has 0 aliphatic heterocycles. The van der Waals surface area contributed by atoms with Crippen LogP contribution in [0.3, 0.4) is 0 Å². The number of halogens is 1. The van der Waals surface area contributed by atoms with Crippen molar-refractivity contribution in [3.05, 3.63) is 22.7 Å². The maximum Gasteiger partial charge on any atom is 0.165 e. The van der Waals surface area contributed by atoms with Crippen LogP contribution in [0.1, 0.15) is 18.9 Å². The van der Waals surface area contributed by atoms with Crippen LogP contribution in [0, 0.1) is 0 Å². The quantitative estimate of drug-likeness (QED) is 0.820. The van der Waals surface area contributed by atoms with Crippen molar-refractivity contribution in [2.45, 2.75) is 26.0 Å². The summed E-state index contributed by atoms with van der Waals surface area (Å²) in [4.78, 5) is 0. The zero-order valence-electron chi connectivity index (χ0n) is 10.1. The molecule has 1 aromatic rings. The third kappa shape index (κ3) is 3.77. The smallest absolute Gasteiger partial charge is 0.165 e. The van der Waals surface area contributed by atoms with Crippen LogP contribution >= 0.6 is 11.6 Å². The molecule has 1 aromatic carbocycles. The second-order valence-electron chi connectivity index (χ2n) is 3.67. The van der Waals surface area contributed by atoms with E-state index in [0.717, 1.165) is 5.56 Å². The van der Waals surface area contributed by atoms with E-state index in [0.29, 0.717) is 29.5 Å². The minimum atomic E-state index is -0.499. The van der Waals surface area contributed by atoms with E-state index >= 15 is 0 Å². The summed E-state index contributed by atoms with van der Waals surface area (Å²) in [6.07, 6.45) is 0.134. The second kappa shape index (κ2) is 6.69. The van der Waals surface area contributed by atoms with Crippen LogP contribution in [0.25, 0.3) is 0 Å². The first-order valence-electron chi connectivity index (χ1n) is 5.49. The van der Waals surface area contributed by atoms with Crippen molar-refractivity contribution >= 4 is 11.6 Å². The minimum absolute atomic E-state index is 0.210. The zero-order valence-corrected chi connectivity index (χ0v) is 10.8. The second-order valence-corrected chi connectivity index (χ2v) is 4.11. The number of methoxy groups -OCH3 is 1. The van der Waals surface area contributed by atoms with Crippen LogP contribution in [-0.4, -0.2) is 24.9 Å². The van der Waals surface area contributed by atoms with Gasteiger partial charge in [0, 0.05) is 23.2 Å². The number of nitrogens with two attached hydrogens (primary N) is 1. The number of ether oxygens (including phenoxy) is 2. The molecule has 1 atom stereocenters. The highest BCUT2D eigenvalue weighted by Gasteiger charge is 2.13. The summed E-state index contributed by atoms with van der Waals surface area (Å²) in [6, 6.07) is 3.39. The van der Waals surface area contributed by atoms with E-state index in [9.17, 15) is 5.11 Å². The molecule has 0 spiro atoms. The Morgan fingerprint density at radius 3 is 2.71 bits per heavy atom. The van der Waals surface area contributed by atoms with Gasteiger partial charge in [-0.3, -0.25) is 0 Å². The van der Waals surface area contributed by atoms with E-state index in [1.165, 1.54) is 7.11 Å². The maximum atomic E-state index is 9.48. The fourth-order valence-corrected chi connectivity index (χ4v) is 1.62. The third-order valence-electron chi connectivity index (χ3n) is 2.43. The fraction of sp³-hybridized carbons (Fsp3) is 0.500. The van der Waals surface area contributed by atoms with Crippen LogP contribution in [0.2, 0.25) is 5.02 Å². The lowest BCUT2D eigenvalue weighted by Gasteiger charge is -2.16. The Morgan fingerprint density at radius 2 is 2.18 bits per heavy atom. The Morgan fingerprint density at radius 1 is 1.47 bits per heavy atom. The molecule has 3 N–H and O–H groups in total. The fourth-order valence-electron chi connectivity index (χ4n) is 1.39. The molecule has 0 aliphatic rings. The van der Waals surface area contributed by atoms with Crippen LogP contribution < -0.4 is 15.2 Å². The number of rotatable bonds is 6. The van der Waals surface area contributed by atoms with Crippen molar-refractivity contribution in [2.24, 2.45) is 5.73 Å². The topological polar surface area (TPSA) is 64.7 Å². The van der Waals surface area contributed by atoms with E-state index in [1.54, 1.807) is 12.1 Å². The average Bonchev–Trinajstić information content (AvgIpc) is 2.35. The maximum absolute atomic E-state index is 9.48. The van der Waals surface area contributed by atoms with Crippen LogP contribution in [0.5, 0.6) is 11.5 Å². The normalized spacial score (nSPS) is 12.3. The number of aliphatic hydroxyl groups excluding tert-OH is 1. The molecule has 1 unspecified atom stereocenters. The highest BCUT2D eigenvalue weighted by Crippen LogP contribution is 2.34. The molecule has 4 nitrogen and oxygen atoms in total. The summed E-state index contributed by atoms with van der Waals surface area (Å²) < 4.78 is 10.7. The SMILES string of the molecule is CCC(O)COc1c(CN)cc(Cl)cc1OC. The third-order valence-corrected chi connectivity index (χ3v) is 2.65. The predicted molar refractivity (Wildman–Crippen MR) is 67.7 cm³/mol. The first-order chi connectivity index (χ1) is 8.12. The van der Waals surface area contributed by atoms with Crippen molar-refractivity contribution in [3.8, 4) is 11.5 Å². The van der Waals surface area contributed by atoms with Gasteiger partial charge in [0.1, 0.15) is 6.61 Å². The van der Waals surface area contributed by atoms with Gasteiger partial charge in [-0.15, -0.1) is 0 Å². The highest BCUT2D eigenvalue weighted by atomic mass is 35.5. The van der Waals surface area contributed by atoms with Crippen LogP contribution in [0.15, 0.2) is 12.1 Å². The van der Waals surface area contributed by atoms with Crippen molar-refractivity contribution in [1.29, 1.82) is 0 Å². The van der Waals surface area contributed by atoms with Gasteiger partial charge in [0.2, 0.25) is 0 Å². The predicted octanol–water partition coefficient (Wildman–Crippen LogP) is 1.96. The summed E-state index contributed by atoms with van der Waals surface area (Å²) >= 11 is 5.93. The van der Waals surface area contributed by atoms with Gasteiger partial charge < -0.3 is 20.3 Å². The summed E-state index contributed by atoms with van der Waals surface area (Å²) in [7, 11) is 1.54. The van der Waals surface area contributed by atoms with Gasteiger partial charge in [-0.05, 0) is 12.5 Å². The van der Waals surface area contributed by atoms with Crippen LogP contribution in [-0.2, 0) is 6.54 Å². The van der Waals surface area contributed by atoms with E-state index in [-0.39, 0.29) is 6.61 Å². The van der Waals surface area contributed by atoms with E-state index in [2.05, 4.69) is 0 Å². The molecule has 5 heteroatoms. The van der Waals surface area contributed by atoms with Crippen molar-refractivity contribution in [2.75, 3.05) is 13.7 Å². The van der Waals surface area contributed by atoms with Gasteiger partial charge in [0.05, 0.1) is 13.2 Å². The zero-order chi connectivity index (χ0) is 12.8. The molecule has 17 heavy (non-hydrogen) atoms. The van der Waals surface area contributed by atoms with Gasteiger partial charge in [-0.25, -0.2) is 0 Å². The molecule has 96 valence electrons. The number of hydrogen-bond donors (Lipinski definition) is 2. The molecule has 0 radical (unpaired) electrons. The van der Waals surface area contributed by atoms with E-state index in [1.807, 2.05) is 6.92 Å². The van der Waals surface area contributed by atoms with Gasteiger partial charge in [0.15, 0.2) is 11.5 Å². The standard InChI is InChI=1S/C12H18ClNO3/c1-3-10(15)7-17-12-8(6-14)4-9(13)5-11(12)16-2/h4-5,10,15H,3,6-7,14H2,1-2H3. The molecule has 0 saturated carbocycles. The molecule has 0 aromatic heterocycles. The highest BCUT2D eigenvalue weighted by molar-refractivity contribution is 6.30. The summed E-state index contributed by atoms with van der Waals surface area (Å²) in [5.41, 5.74) is 6.39. The van der Waals surface area contributed by atoms with Gasteiger partial charge in [-0.1, -0.05) is 18.5 Å². The minimum Gasteiger partial charge on any atom is -0.493 e. The van der Waals surface area contributed by atoms with Crippen molar-refractivity contribution in [1.82, 2.24) is 0 Å². The van der Waals surface area contributed by atoms with Crippen LogP contribution in [0.4, 0.5) is 0 Å². The Hall–Kier alpha value is -0.970. The van der Waals surface area contributed by atoms with E-state index in [4.69, 9.17) is 26.8 Å². The Labute approximate surface area is 106 Å². The number of aliphatic hydroxyl groups is 1. The molecule has 0 bridgehead atoms. The summed E-state index contributed by atoms with van der Waals surface area (Å²) in [5.74, 6) is 1.08. The lowest BCUT2D eigenvalue weighted by molar-refractivity contribution is 0.102. The lowest BCUT2D eigenvalue weighted by Crippen LogP contribution is -2.17. The Kier molecular flexibility index (Phi) is 5.55. The number of hydrogen-bond acceptors (Lipinski definition) is 4. The Bertz CT molecular complexity index is 346. The van der Waals surface area contributed by atoms with E-state index < -0.39 is 6.10 Å².